The number of thiophene rings is 1. The van der Waals surface area contributed by atoms with Crippen molar-refractivity contribution in [2.45, 2.75) is 18.6 Å². The lowest BCUT2D eigenvalue weighted by molar-refractivity contribution is -0.156. The van der Waals surface area contributed by atoms with Crippen molar-refractivity contribution in [2.24, 2.45) is 0 Å². The molecule has 156 valence electrons. The Bertz CT molecular complexity index is 1280. The average Bonchev–Trinajstić information content (AvgIpc) is 3.52. The zero-order valence-corrected chi connectivity index (χ0v) is 16.4. The predicted molar refractivity (Wildman–Crippen MR) is 105 cm³/mol. The van der Waals surface area contributed by atoms with Gasteiger partial charge in [-0.1, -0.05) is 0 Å². The second-order valence-electron chi connectivity index (χ2n) is 6.02. The van der Waals surface area contributed by atoms with Crippen molar-refractivity contribution >= 4 is 28.7 Å². The average molecular weight is 443 g/mol. The van der Waals surface area contributed by atoms with Crippen LogP contribution in [0.15, 0.2) is 43.1 Å². The van der Waals surface area contributed by atoms with Gasteiger partial charge in [-0.2, -0.15) is 28.8 Å². The standard InChI is InChI=1S/C17H11N7S.C2HF3O/c18-5-3-14(15-2-1-12(7-19)25-15)24-9-11(8-23-24)16-13-4-6-20-17(13)22-10-21-16;3-2(4,5)1-6/h1-2,4,6,8-10,14H,3H2,(H,20,21,22);1H. The Morgan fingerprint density at radius 3 is 2.68 bits per heavy atom. The largest absolute Gasteiger partial charge is 0.446 e. The number of carbonyl (C=O) groups is 1. The van der Waals surface area contributed by atoms with Crippen molar-refractivity contribution in [3.05, 3.63) is 52.9 Å². The van der Waals surface area contributed by atoms with Gasteiger partial charge in [-0.3, -0.25) is 9.48 Å². The molecule has 0 fully saturated rings. The van der Waals surface area contributed by atoms with Crippen molar-refractivity contribution in [3.63, 3.8) is 0 Å². The highest BCUT2D eigenvalue weighted by molar-refractivity contribution is 7.12. The molecule has 31 heavy (non-hydrogen) atoms. The molecule has 1 unspecified atom stereocenters. The molecule has 4 aromatic rings. The molecular formula is C19H12F3N7OS. The first-order chi connectivity index (χ1) is 14.9. The van der Waals surface area contributed by atoms with E-state index in [9.17, 15) is 18.4 Å². The van der Waals surface area contributed by atoms with Crippen LogP contribution in [0.1, 0.15) is 22.2 Å². The molecular weight excluding hydrogens is 431 g/mol. The van der Waals surface area contributed by atoms with Crippen LogP contribution in [-0.4, -0.2) is 37.2 Å². The van der Waals surface area contributed by atoms with E-state index in [-0.39, 0.29) is 12.5 Å². The number of nitrogens with zero attached hydrogens (tertiary/aromatic N) is 6. The van der Waals surface area contributed by atoms with Crippen LogP contribution in [-0.2, 0) is 4.79 Å². The number of carbonyl (C=O) groups excluding carboxylic acids is 1. The first-order valence-electron chi connectivity index (χ1n) is 8.58. The molecule has 4 rings (SSSR count). The van der Waals surface area contributed by atoms with Gasteiger partial charge in [-0.05, 0) is 18.2 Å². The van der Waals surface area contributed by atoms with Gasteiger partial charge in [0.05, 0.1) is 30.4 Å². The zero-order chi connectivity index (χ0) is 22.4. The summed E-state index contributed by atoms with van der Waals surface area (Å²) in [5.74, 6) is 0. The molecule has 4 heterocycles. The number of hydrogen-bond donors (Lipinski definition) is 1. The number of fused-ring (bicyclic) bond motifs is 1. The number of nitriles is 2. The highest BCUT2D eigenvalue weighted by Crippen LogP contribution is 2.30. The van der Waals surface area contributed by atoms with Gasteiger partial charge in [0.25, 0.3) is 0 Å². The third kappa shape index (κ3) is 5.12. The van der Waals surface area contributed by atoms with Gasteiger partial charge < -0.3 is 4.98 Å². The van der Waals surface area contributed by atoms with Gasteiger partial charge >= 0.3 is 6.18 Å². The summed E-state index contributed by atoms with van der Waals surface area (Å²) < 4.78 is 33.0. The minimum Gasteiger partial charge on any atom is -0.346 e. The summed E-state index contributed by atoms with van der Waals surface area (Å²) in [6.45, 7) is 0. The van der Waals surface area contributed by atoms with Gasteiger partial charge in [0, 0.05) is 28.2 Å². The lowest BCUT2D eigenvalue weighted by Crippen LogP contribution is -2.09. The maximum absolute atomic E-state index is 10.4. The van der Waals surface area contributed by atoms with Gasteiger partial charge in [-0.15, -0.1) is 11.3 Å². The number of aromatic nitrogens is 5. The lowest BCUT2D eigenvalue weighted by atomic mass is 10.1. The first kappa shape index (κ1) is 21.7. The number of aldehydes is 1. The van der Waals surface area contributed by atoms with Gasteiger partial charge in [0.1, 0.15) is 22.9 Å². The van der Waals surface area contributed by atoms with Gasteiger partial charge in [0.2, 0.25) is 6.29 Å². The molecule has 8 nitrogen and oxygen atoms in total. The van der Waals surface area contributed by atoms with Crippen LogP contribution >= 0.6 is 11.3 Å². The summed E-state index contributed by atoms with van der Waals surface area (Å²) in [6.07, 6.45) is 1.51. The van der Waals surface area contributed by atoms with Crippen LogP contribution in [0.5, 0.6) is 0 Å². The van der Waals surface area contributed by atoms with E-state index in [0.29, 0.717) is 4.88 Å². The highest BCUT2D eigenvalue weighted by atomic mass is 32.1. The smallest absolute Gasteiger partial charge is 0.346 e. The minimum absolute atomic E-state index is 0.227. The number of halogens is 3. The summed E-state index contributed by atoms with van der Waals surface area (Å²) in [4.78, 5) is 21.9. The number of rotatable bonds is 4. The molecule has 0 radical (unpaired) electrons. The van der Waals surface area contributed by atoms with Crippen LogP contribution in [0.2, 0.25) is 0 Å². The minimum atomic E-state index is -4.64. The maximum atomic E-state index is 10.4. The van der Waals surface area contributed by atoms with E-state index in [0.717, 1.165) is 27.2 Å². The van der Waals surface area contributed by atoms with Crippen LogP contribution in [0.4, 0.5) is 13.2 Å². The molecule has 0 aliphatic carbocycles. The molecule has 0 aliphatic heterocycles. The molecule has 12 heteroatoms. The molecule has 1 N–H and O–H groups in total. The summed E-state index contributed by atoms with van der Waals surface area (Å²) in [7, 11) is 0. The Labute approximate surface area is 177 Å². The number of aromatic amines is 1. The monoisotopic (exact) mass is 443 g/mol. The third-order valence-corrected chi connectivity index (χ3v) is 5.12. The van der Waals surface area contributed by atoms with Crippen molar-refractivity contribution in [1.82, 2.24) is 24.7 Å². The molecule has 0 aliphatic rings. The molecule has 0 amide bonds. The Morgan fingerprint density at radius 1 is 1.26 bits per heavy atom. The van der Waals surface area contributed by atoms with E-state index in [1.165, 1.54) is 17.7 Å². The molecule has 1 atom stereocenters. The Balaban J connectivity index is 0.000000401. The lowest BCUT2D eigenvalue weighted by Gasteiger charge is -2.12. The van der Waals surface area contributed by atoms with Crippen LogP contribution in [0, 0.1) is 22.7 Å². The fourth-order valence-corrected chi connectivity index (χ4v) is 3.64. The van der Waals surface area contributed by atoms with E-state index in [1.54, 1.807) is 16.9 Å². The van der Waals surface area contributed by atoms with Crippen molar-refractivity contribution < 1.29 is 18.0 Å². The SMILES string of the molecule is N#CCC(c1ccc(C#N)s1)n1cc(-c2ncnc3[nH]ccc23)cn1.O=CC(F)(F)F. The molecule has 0 saturated carbocycles. The van der Waals surface area contributed by atoms with E-state index in [1.807, 2.05) is 24.5 Å². The molecule has 0 aromatic carbocycles. The van der Waals surface area contributed by atoms with Gasteiger partial charge in [-0.25, -0.2) is 9.97 Å². The summed E-state index contributed by atoms with van der Waals surface area (Å²) >= 11 is 1.38. The van der Waals surface area contributed by atoms with Crippen molar-refractivity contribution in [2.75, 3.05) is 0 Å². The summed E-state index contributed by atoms with van der Waals surface area (Å²) in [5.41, 5.74) is 2.41. The number of hydrogen-bond acceptors (Lipinski definition) is 7. The second kappa shape index (κ2) is 9.19. The van der Waals surface area contributed by atoms with Crippen LogP contribution < -0.4 is 0 Å². The number of H-pyrrole nitrogens is 1. The maximum Gasteiger partial charge on any atom is 0.446 e. The second-order valence-corrected chi connectivity index (χ2v) is 7.14. The quantitative estimate of drug-likeness (QED) is 0.475. The van der Waals surface area contributed by atoms with Gasteiger partial charge in [0.15, 0.2) is 0 Å². The zero-order valence-electron chi connectivity index (χ0n) is 15.5. The molecule has 4 aromatic heterocycles. The fraction of sp³-hybridized carbons (Fsp3) is 0.158. The highest BCUT2D eigenvalue weighted by Gasteiger charge is 2.25. The third-order valence-electron chi connectivity index (χ3n) is 4.03. The molecule has 0 spiro atoms. The summed E-state index contributed by atoms with van der Waals surface area (Å²) in [5, 5.41) is 23.6. The number of alkyl halides is 3. The Morgan fingerprint density at radius 2 is 2.03 bits per heavy atom. The van der Waals surface area contributed by atoms with E-state index in [4.69, 9.17) is 10.1 Å². The molecule has 0 saturated heterocycles. The van der Waals surface area contributed by atoms with E-state index >= 15 is 0 Å². The Kier molecular flexibility index (Phi) is 6.43. The van der Waals surface area contributed by atoms with Crippen LogP contribution in [0.3, 0.4) is 0 Å². The topological polar surface area (TPSA) is 124 Å². The van der Waals surface area contributed by atoms with E-state index < -0.39 is 12.5 Å². The van der Waals surface area contributed by atoms with Crippen molar-refractivity contribution in [3.8, 4) is 23.4 Å². The Hall–Kier alpha value is -4.03. The normalized spacial score (nSPS) is 11.8. The van der Waals surface area contributed by atoms with Crippen LogP contribution in [0.25, 0.3) is 22.3 Å². The molecule has 0 bridgehead atoms. The summed E-state index contributed by atoms with van der Waals surface area (Å²) in [6, 6.07) is 9.67. The van der Waals surface area contributed by atoms with E-state index in [2.05, 4.69) is 32.2 Å². The predicted octanol–water partition coefficient (Wildman–Crippen LogP) is 4.01. The van der Waals surface area contributed by atoms with Crippen molar-refractivity contribution in [1.29, 1.82) is 10.5 Å². The fourth-order valence-electron chi connectivity index (χ4n) is 2.74. The number of nitrogens with one attached hydrogen (secondary N) is 1. The first-order valence-corrected chi connectivity index (χ1v) is 9.40.